The minimum absolute atomic E-state index is 0.153. The average Bonchev–Trinajstić information content (AvgIpc) is 2.76. The van der Waals surface area contributed by atoms with E-state index in [0.29, 0.717) is 15.7 Å². The molecule has 0 aliphatic heterocycles. The largest absolute Gasteiger partial charge is 0.399 e. The molecule has 90 valence electrons. The highest BCUT2D eigenvalue weighted by molar-refractivity contribution is 7.08. The van der Waals surface area contributed by atoms with Gasteiger partial charge in [0, 0.05) is 11.7 Å². The van der Waals surface area contributed by atoms with Crippen LogP contribution in [0.1, 0.15) is 18.5 Å². The summed E-state index contributed by atoms with van der Waals surface area (Å²) in [7, 11) is 0. The van der Waals surface area contributed by atoms with Gasteiger partial charge in [-0.25, -0.2) is 0 Å². The lowest BCUT2D eigenvalue weighted by Crippen LogP contribution is -2.06. The van der Waals surface area contributed by atoms with E-state index in [1.54, 1.807) is 23.5 Å². The first-order valence-electron chi connectivity index (χ1n) is 5.11. The summed E-state index contributed by atoms with van der Waals surface area (Å²) in [5, 5.41) is 8.51. The van der Waals surface area contributed by atoms with Gasteiger partial charge in [0.05, 0.1) is 15.7 Å². The molecular formula is C12H12Cl2N2S. The van der Waals surface area contributed by atoms with Gasteiger partial charge in [0.25, 0.3) is 0 Å². The summed E-state index contributed by atoms with van der Waals surface area (Å²) in [5.74, 6) is 0. The van der Waals surface area contributed by atoms with E-state index in [1.807, 2.05) is 5.38 Å². The van der Waals surface area contributed by atoms with E-state index in [-0.39, 0.29) is 6.04 Å². The van der Waals surface area contributed by atoms with Crippen molar-refractivity contribution in [3.8, 4) is 0 Å². The topological polar surface area (TPSA) is 38.0 Å². The van der Waals surface area contributed by atoms with Crippen LogP contribution in [0.15, 0.2) is 29.0 Å². The van der Waals surface area contributed by atoms with Crippen molar-refractivity contribution < 1.29 is 0 Å². The van der Waals surface area contributed by atoms with Gasteiger partial charge in [-0.2, -0.15) is 11.3 Å². The number of nitrogen functional groups attached to an aromatic ring is 1. The van der Waals surface area contributed by atoms with Gasteiger partial charge in [-0.3, -0.25) is 0 Å². The molecule has 0 saturated heterocycles. The lowest BCUT2D eigenvalue weighted by molar-refractivity contribution is 0.891. The molecule has 2 nitrogen and oxygen atoms in total. The molecule has 1 aromatic heterocycles. The summed E-state index contributed by atoms with van der Waals surface area (Å²) in [6, 6.07) is 5.60. The average molecular weight is 287 g/mol. The molecule has 2 aromatic rings. The van der Waals surface area contributed by atoms with Crippen LogP contribution in [-0.4, -0.2) is 0 Å². The van der Waals surface area contributed by atoms with Crippen molar-refractivity contribution in [1.29, 1.82) is 0 Å². The molecule has 5 heteroatoms. The Labute approximate surface area is 114 Å². The summed E-state index contributed by atoms with van der Waals surface area (Å²) in [6.07, 6.45) is 0. The molecule has 0 aliphatic rings. The molecule has 0 fully saturated rings. The van der Waals surface area contributed by atoms with Crippen LogP contribution in [0.3, 0.4) is 0 Å². The number of anilines is 2. The van der Waals surface area contributed by atoms with Gasteiger partial charge in [0.15, 0.2) is 0 Å². The number of halogens is 2. The van der Waals surface area contributed by atoms with Crippen molar-refractivity contribution in [2.24, 2.45) is 0 Å². The van der Waals surface area contributed by atoms with Gasteiger partial charge in [0.1, 0.15) is 0 Å². The van der Waals surface area contributed by atoms with Crippen molar-refractivity contribution in [2.45, 2.75) is 13.0 Å². The molecule has 2 rings (SSSR count). The van der Waals surface area contributed by atoms with Gasteiger partial charge in [0.2, 0.25) is 0 Å². The fourth-order valence-electron chi connectivity index (χ4n) is 1.55. The molecule has 1 atom stereocenters. The second kappa shape index (κ2) is 5.17. The van der Waals surface area contributed by atoms with Gasteiger partial charge in [-0.05, 0) is 41.4 Å². The van der Waals surface area contributed by atoms with Crippen LogP contribution in [-0.2, 0) is 0 Å². The van der Waals surface area contributed by atoms with E-state index in [1.165, 1.54) is 5.56 Å². The SMILES string of the molecule is CC(Nc1c(Cl)cc(N)cc1Cl)c1ccsc1. The number of thiophene rings is 1. The van der Waals surface area contributed by atoms with Crippen LogP contribution in [0.5, 0.6) is 0 Å². The van der Waals surface area contributed by atoms with Gasteiger partial charge < -0.3 is 11.1 Å². The Morgan fingerprint density at radius 3 is 2.47 bits per heavy atom. The number of benzene rings is 1. The third-order valence-electron chi connectivity index (χ3n) is 2.47. The predicted molar refractivity (Wildman–Crippen MR) is 77.2 cm³/mol. The highest BCUT2D eigenvalue weighted by Gasteiger charge is 2.11. The standard InChI is InChI=1S/C12H12Cl2N2S/c1-7(8-2-3-17-6-8)16-12-10(13)4-9(15)5-11(12)14/h2-7,16H,15H2,1H3. The van der Waals surface area contributed by atoms with Gasteiger partial charge in [-0.15, -0.1) is 0 Å². The normalized spacial score (nSPS) is 12.4. The fraction of sp³-hybridized carbons (Fsp3) is 0.167. The molecule has 17 heavy (non-hydrogen) atoms. The Morgan fingerprint density at radius 2 is 1.94 bits per heavy atom. The zero-order valence-corrected chi connectivity index (χ0v) is 11.5. The van der Waals surface area contributed by atoms with Gasteiger partial charge in [-0.1, -0.05) is 23.2 Å². The first kappa shape index (κ1) is 12.6. The molecule has 0 aliphatic carbocycles. The molecule has 0 saturated carbocycles. The van der Waals surface area contributed by atoms with E-state index < -0.39 is 0 Å². The minimum atomic E-state index is 0.153. The third kappa shape index (κ3) is 2.86. The first-order chi connectivity index (χ1) is 8.08. The maximum Gasteiger partial charge on any atom is 0.0725 e. The monoisotopic (exact) mass is 286 g/mol. The van der Waals surface area contributed by atoms with E-state index in [9.17, 15) is 0 Å². The smallest absolute Gasteiger partial charge is 0.0725 e. The Hall–Kier alpha value is -0.900. The summed E-state index contributed by atoms with van der Waals surface area (Å²) < 4.78 is 0. The van der Waals surface area contributed by atoms with Crippen molar-refractivity contribution in [2.75, 3.05) is 11.1 Å². The van der Waals surface area contributed by atoms with Crippen molar-refractivity contribution in [1.82, 2.24) is 0 Å². The number of nitrogens with two attached hydrogens (primary N) is 1. The van der Waals surface area contributed by atoms with Gasteiger partial charge >= 0.3 is 0 Å². The molecule has 1 aromatic carbocycles. The van der Waals surface area contributed by atoms with Crippen LogP contribution < -0.4 is 11.1 Å². The van der Waals surface area contributed by atoms with Crippen LogP contribution in [0, 0.1) is 0 Å². The molecule has 1 unspecified atom stereocenters. The fourth-order valence-corrected chi connectivity index (χ4v) is 2.92. The third-order valence-corrected chi connectivity index (χ3v) is 3.77. The van der Waals surface area contributed by atoms with E-state index in [4.69, 9.17) is 28.9 Å². The van der Waals surface area contributed by atoms with Crippen LogP contribution >= 0.6 is 34.5 Å². The zero-order chi connectivity index (χ0) is 12.4. The second-order valence-corrected chi connectivity index (χ2v) is 5.38. The Morgan fingerprint density at radius 1 is 1.29 bits per heavy atom. The zero-order valence-electron chi connectivity index (χ0n) is 9.21. The van der Waals surface area contributed by atoms with E-state index in [0.717, 1.165) is 5.69 Å². The Bertz CT molecular complexity index is 488. The Balaban J connectivity index is 2.25. The van der Waals surface area contributed by atoms with Crippen molar-refractivity contribution >= 4 is 45.9 Å². The van der Waals surface area contributed by atoms with Crippen LogP contribution in [0.25, 0.3) is 0 Å². The maximum absolute atomic E-state index is 6.12. The molecule has 1 heterocycles. The minimum Gasteiger partial charge on any atom is -0.399 e. The quantitative estimate of drug-likeness (QED) is 0.795. The lowest BCUT2D eigenvalue weighted by atomic mass is 10.1. The van der Waals surface area contributed by atoms with Crippen molar-refractivity contribution in [3.63, 3.8) is 0 Å². The highest BCUT2D eigenvalue weighted by atomic mass is 35.5. The first-order valence-corrected chi connectivity index (χ1v) is 6.81. The Kier molecular flexibility index (Phi) is 3.82. The van der Waals surface area contributed by atoms with E-state index >= 15 is 0 Å². The van der Waals surface area contributed by atoms with Crippen LogP contribution in [0.2, 0.25) is 10.0 Å². The molecular weight excluding hydrogens is 275 g/mol. The molecule has 0 radical (unpaired) electrons. The predicted octanol–water partition coefficient (Wildman–Crippen LogP) is 4.81. The number of hydrogen-bond acceptors (Lipinski definition) is 3. The number of hydrogen-bond donors (Lipinski definition) is 2. The summed E-state index contributed by atoms with van der Waals surface area (Å²) in [6.45, 7) is 2.06. The second-order valence-electron chi connectivity index (χ2n) is 3.78. The van der Waals surface area contributed by atoms with E-state index in [2.05, 4.69) is 23.7 Å². The molecule has 0 amide bonds. The summed E-state index contributed by atoms with van der Waals surface area (Å²) in [5.41, 5.74) is 8.15. The molecule has 3 N–H and O–H groups in total. The lowest BCUT2D eigenvalue weighted by Gasteiger charge is -2.17. The number of nitrogens with one attached hydrogen (secondary N) is 1. The molecule has 0 bridgehead atoms. The highest BCUT2D eigenvalue weighted by Crippen LogP contribution is 2.35. The summed E-state index contributed by atoms with van der Waals surface area (Å²) >= 11 is 13.9. The molecule has 0 spiro atoms. The number of rotatable bonds is 3. The maximum atomic E-state index is 6.12. The van der Waals surface area contributed by atoms with Crippen LogP contribution in [0.4, 0.5) is 11.4 Å². The summed E-state index contributed by atoms with van der Waals surface area (Å²) in [4.78, 5) is 0. The van der Waals surface area contributed by atoms with Crippen molar-refractivity contribution in [3.05, 3.63) is 44.6 Å².